The van der Waals surface area contributed by atoms with Crippen LogP contribution in [0.15, 0.2) is 78.9 Å². The second-order valence-electron chi connectivity index (χ2n) is 12.2. The molecule has 0 spiro atoms. The number of methoxy groups -OCH3 is 1. The van der Waals surface area contributed by atoms with Crippen LogP contribution in [0.2, 0.25) is 0 Å². The van der Waals surface area contributed by atoms with E-state index in [2.05, 4.69) is 10.6 Å². The van der Waals surface area contributed by atoms with Crippen molar-refractivity contribution in [3.05, 3.63) is 101 Å². The van der Waals surface area contributed by atoms with Crippen molar-refractivity contribution in [2.75, 3.05) is 33.3 Å². The van der Waals surface area contributed by atoms with E-state index in [1.165, 1.54) is 33.9 Å². The topological polar surface area (TPSA) is 121 Å². The monoisotopic (exact) mass is 695 g/mol. The molecule has 0 aromatic heterocycles. The van der Waals surface area contributed by atoms with E-state index in [0.717, 1.165) is 23.3 Å². The average Bonchev–Trinajstić information content (AvgIpc) is 3.11. The first kappa shape index (κ1) is 36.0. The summed E-state index contributed by atoms with van der Waals surface area (Å²) in [5, 5.41) is 5.41. The largest absolute Gasteiger partial charge is 0.497 e. The maximum absolute atomic E-state index is 14.3. The van der Waals surface area contributed by atoms with Crippen molar-refractivity contribution in [2.24, 2.45) is 5.92 Å². The standard InChI is InChI=1S/C36H40F3N5O6/c1-3-16-40-34(47)41-19-30-33(46)42(20-25-8-5-4-6-9-25)22-31-43(35(48)50-23-26-10-7-11-28(18-26)36(37,38)39)21-27(32(45)44(30)31)17-24-12-14-29(49-2)15-13-24/h4-15,18,27,30-31H,3,16-17,19-23H2,1-2H3,(H2,40,41,47)/t27-,30-,31+/m0/s1. The lowest BCUT2D eigenvalue weighted by Crippen LogP contribution is -2.74. The van der Waals surface area contributed by atoms with Gasteiger partial charge in [-0.25, -0.2) is 9.59 Å². The van der Waals surface area contributed by atoms with Gasteiger partial charge in [-0.15, -0.1) is 0 Å². The van der Waals surface area contributed by atoms with Crippen LogP contribution in [0.25, 0.3) is 0 Å². The SMILES string of the molecule is CCCNC(=O)NC[C@H]1C(=O)N(Cc2ccccc2)C[C@@H]2N(C(=O)OCc3cccc(C(F)(F)F)c3)C[C@H](Cc3ccc(OC)cc3)C(=O)N21. The van der Waals surface area contributed by atoms with Crippen LogP contribution < -0.4 is 15.4 Å². The number of carbonyl (C=O) groups excluding carboxylic acids is 4. The number of ether oxygens (including phenoxy) is 2. The highest BCUT2D eigenvalue weighted by molar-refractivity contribution is 5.92. The number of hydrogen-bond acceptors (Lipinski definition) is 6. The molecule has 3 aromatic rings. The highest BCUT2D eigenvalue weighted by Crippen LogP contribution is 2.32. The van der Waals surface area contributed by atoms with Crippen LogP contribution in [0.3, 0.4) is 0 Å². The maximum atomic E-state index is 14.3. The minimum Gasteiger partial charge on any atom is -0.497 e. The van der Waals surface area contributed by atoms with Crippen LogP contribution in [0.1, 0.15) is 35.6 Å². The third-order valence-corrected chi connectivity index (χ3v) is 8.72. The van der Waals surface area contributed by atoms with Gasteiger partial charge in [0, 0.05) is 26.2 Å². The fourth-order valence-corrected chi connectivity index (χ4v) is 6.19. The number of alkyl halides is 3. The zero-order chi connectivity index (χ0) is 35.8. The molecule has 2 aliphatic rings. The third-order valence-electron chi connectivity index (χ3n) is 8.72. The maximum Gasteiger partial charge on any atom is 0.416 e. The van der Waals surface area contributed by atoms with Gasteiger partial charge in [0.2, 0.25) is 11.8 Å². The molecule has 3 aromatic carbocycles. The number of fused-ring (bicyclic) bond motifs is 1. The van der Waals surface area contributed by atoms with Crippen molar-refractivity contribution in [3.63, 3.8) is 0 Å². The van der Waals surface area contributed by atoms with E-state index in [1.54, 1.807) is 24.3 Å². The van der Waals surface area contributed by atoms with Crippen molar-refractivity contribution >= 4 is 23.9 Å². The fourth-order valence-electron chi connectivity index (χ4n) is 6.19. The van der Waals surface area contributed by atoms with E-state index in [0.29, 0.717) is 18.7 Å². The Kier molecular flexibility index (Phi) is 11.5. The van der Waals surface area contributed by atoms with Gasteiger partial charge in [0.05, 0.1) is 25.1 Å². The molecule has 266 valence electrons. The predicted molar refractivity (Wildman–Crippen MR) is 176 cm³/mol. The number of carbonyl (C=O) groups is 4. The number of nitrogens with zero attached hydrogens (tertiary/aromatic N) is 3. The van der Waals surface area contributed by atoms with E-state index >= 15 is 0 Å². The molecule has 50 heavy (non-hydrogen) atoms. The van der Waals surface area contributed by atoms with Crippen LogP contribution in [-0.4, -0.2) is 84.1 Å². The first-order chi connectivity index (χ1) is 24.0. The van der Waals surface area contributed by atoms with Crippen LogP contribution in [0.4, 0.5) is 22.8 Å². The van der Waals surface area contributed by atoms with Gasteiger partial charge in [-0.3, -0.25) is 14.5 Å². The van der Waals surface area contributed by atoms with Crippen LogP contribution >= 0.6 is 0 Å². The molecule has 0 radical (unpaired) electrons. The van der Waals surface area contributed by atoms with Gasteiger partial charge in [-0.1, -0.05) is 61.5 Å². The number of halogens is 3. The summed E-state index contributed by atoms with van der Waals surface area (Å²) in [5.41, 5.74) is 0.862. The molecule has 0 aliphatic carbocycles. The Bertz CT molecular complexity index is 1660. The molecule has 14 heteroatoms. The van der Waals surface area contributed by atoms with E-state index < -0.39 is 54.5 Å². The lowest BCUT2D eigenvalue weighted by molar-refractivity contribution is -0.172. The second kappa shape index (κ2) is 16.0. The molecule has 2 aliphatic heterocycles. The van der Waals surface area contributed by atoms with Crippen molar-refractivity contribution in [1.82, 2.24) is 25.3 Å². The first-order valence-corrected chi connectivity index (χ1v) is 16.4. The normalized spacial score (nSPS) is 19.1. The van der Waals surface area contributed by atoms with Crippen molar-refractivity contribution in [3.8, 4) is 5.75 Å². The van der Waals surface area contributed by atoms with Crippen LogP contribution in [0.5, 0.6) is 5.75 Å². The molecule has 0 unspecified atom stereocenters. The number of hydrogen-bond donors (Lipinski definition) is 2. The molecule has 0 bridgehead atoms. The van der Waals surface area contributed by atoms with Crippen molar-refractivity contribution in [1.29, 1.82) is 0 Å². The quantitative estimate of drug-likeness (QED) is 0.298. The molecular weight excluding hydrogens is 655 g/mol. The molecular formula is C36H40F3N5O6. The van der Waals surface area contributed by atoms with Gasteiger partial charge in [0.15, 0.2) is 0 Å². The van der Waals surface area contributed by atoms with Gasteiger partial charge in [0.25, 0.3) is 0 Å². The molecule has 11 nitrogen and oxygen atoms in total. The first-order valence-electron chi connectivity index (χ1n) is 16.4. The zero-order valence-corrected chi connectivity index (χ0v) is 27.8. The Morgan fingerprint density at radius 2 is 1.60 bits per heavy atom. The van der Waals surface area contributed by atoms with Crippen LogP contribution in [-0.2, 0) is 40.1 Å². The van der Waals surface area contributed by atoms with E-state index in [1.807, 2.05) is 37.3 Å². The fraction of sp³-hybridized carbons (Fsp3) is 0.389. The minimum absolute atomic E-state index is 0.0497. The number of urea groups is 1. The number of amides is 5. The second-order valence-corrected chi connectivity index (χ2v) is 12.2. The van der Waals surface area contributed by atoms with Crippen molar-refractivity contribution < 1.29 is 41.8 Å². The van der Waals surface area contributed by atoms with E-state index in [9.17, 15) is 32.3 Å². The minimum atomic E-state index is -4.57. The Balaban J connectivity index is 1.46. The predicted octanol–water partition coefficient (Wildman–Crippen LogP) is 4.80. The average molecular weight is 696 g/mol. The van der Waals surface area contributed by atoms with Gasteiger partial charge in [0.1, 0.15) is 24.6 Å². The molecule has 2 N–H and O–H groups in total. The number of benzene rings is 3. The molecule has 2 fully saturated rings. The number of piperazine rings is 1. The van der Waals surface area contributed by atoms with Gasteiger partial charge < -0.3 is 29.9 Å². The highest BCUT2D eigenvalue weighted by atomic mass is 19.4. The van der Waals surface area contributed by atoms with Gasteiger partial charge in [-0.05, 0) is 53.8 Å². The lowest BCUT2D eigenvalue weighted by atomic mass is 9.91. The molecule has 2 heterocycles. The third kappa shape index (κ3) is 8.65. The highest BCUT2D eigenvalue weighted by Gasteiger charge is 2.52. The Morgan fingerprint density at radius 1 is 0.880 bits per heavy atom. The number of rotatable bonds is 11. The van der Waals surface area contributed by atoms with Gasteiger partial charge in [-0.2, -0.15) is 13.2 Å². The molecule has 5 rings (SSSR count). The molecule has 5 amide bonds. The Hall–Kier alpha value is -5.27. The lowest BCUT2D eigenvalue weighted by Gasteiger charge is -2.53. The summed E-state index contributed by atoms with van der Waals surface area (Å²) < 4.78 is 50.9. The van der Waals surface area contributed by atoms with Crippen LogP contribution in [0, 0.1) is 5.92 Å². The van der Waals surface area contributed by atoms with E-state index in [4.69, 9.17) is 9.47 Å². The van der Waals surface area contributed by atoms with Crippen molar-refractivity contribution in [2.45, 2.75) is 51.3 Å². The summed E-state index contributed by atoms with van der Waals surface area (Å²) in [5.74, 6) is -0.959. The molecule has 0 saturated carbocycles. The summed E-state index contributed by atoms with van der Waals surface area (Å²) in [6, 6.07) is 19.1. The zero-order valence-electron chi connectivity index (χ0n) is 27.8. The smallest absolute Gasteiger partial charge is 0.416 e. The summed E-state index contributed by atoms with van der Waals surface area (Å²) in [6.45, 7) is 1.70. The summed E-state index contributed by atoms with van der Waals surface area (Å²) in [7, 11) is 1.54. The number of nitrogens with one attached hydrogen (secondary N) is 2. The summed E-state index contributed by atoms with van der Waals surface area (Å²) in [4.78, 5) is 59.1. The van der Waals surface area contributed by atoms with E-state index in [-0.39, 0.29) is 44.1 Å². The molecule has 3 atom stereocenters. The summed E-state index contributed by atoms with van der Waals surface area (Å²) >= 11 is 0. The Labute approximate surface area is 288 Å². The van der Waals surface area contributed by atoms with Gasteiger partial charge >= 0.3 is 18.3 Å². The Morgan fingerprint density at radius 3 is 2.28 bits per heavy atom. The molecule has 2 saturated heterocycles. The summed E-state index contributed by atoms with van der Waals surface area (Å²) in [6.07, 6.45) is -5.50.